The van der Waals surface area contributed by atoms with Crippen molar-refractivity contribution in [3.63, 3.8) is 0 Å². The van der Waals surface area contributed by atoms with Crippen LogP contribution in [0.5, 0.6) is 5.75 Å². The van der Waals surface area contributed by atoms with Crippen LogP contribution in [0.25, 0.3) is 0 Å². The molecule has 2 rings (SSSR count). The fraction of sp³-hybridized carbons (Fsp3) is 0.600. The van der Waals surface area contributed by atoms with Crippen LogP contribution in [0.2, 0.25) is 0 Å². The number of benzene rings is 1. The molecule has 2 unspecified atom stereocenters. The largest absolute Gasteiger partial charge is 0.497 e. The van der Waals surface area contributed by atoms with Crippen molar-refractivity contribution in [3.8, 4) is 5.75 Å². The van der Waals surface area contributed by atoms with Crippen molar-refractivity contribution in [2.45, 2.75) is 25.0 Å². The molecule has 0 bridgehead atoms. The summed E-state index contributed by atoms with van der Waals surface area (Å²) in [6, 6.07) is 6.50. The van der Waals surface area contributed by atoms with E-state index in [-0.39, 0.29) is 12.1 Å². The molecule has 0 saturated heterocycles. The first kappa shape index (κ1) is 14.3. The van der Waals surface area contributed by atoms with Gasteiger partial charge in [0, 0.05) is 26.7 Å². The van der Waals surface area contributed by atoms with Crippen molar-refractivity contribution < 1.29 is 14.2 Å². The number of fused-ring (bicyclic) bond motifs is 1. The molecule has 0 aromatic heterocycles. The van der Waals surface area contributed by atoms with Gasteiger partial charge in [-0.25, -0.2) is 0 Å². The van der Waals surface area contributed by atoms with E-state index in [0.29, 0.717) is 0 Å². The molecule has 4 nitrogen and oxygen atoms in total. The van der Waals surface area contributed by atoms with Gasteiger partial charge in [0.1, 0.15) is 5.75 Å². The van der Waals surface area contributed by atoms with E-state index in [2.05, 4.69) is 17.4 Å². The minimum atomic E-state index is 0.198. The Balaban J connectivity index is 2.01. The molecule has 0 saturated carbocycles. The summed E-state index contributed by atoms with van der Waals surface area (Å²) in [5.41, 5.74) is 2.63. The van der Waals surface area contributed by atoms with Crippen molar-refractivity contribution >= 4 is 0 Å². The van der Waals surface area contributed by atoms with Crippen LogP contribution in [0.3, 0.4) is 0 Å². The van der Waals surface area contributed by atoms with Crippen LogP contribution in [-0.2, 0) is 15.9 Å². The third-order valence-electron chi connectivity index (χ3n) is 3.62. The van der Waals surface area contributed by atoms with E-state index in [9.17, 15) is 0 Å². The second kappa shape index (κ2) is 6.89. The highest BCUT2D eigenvalue weighted by Gasteiger charge is 2.32. The van der Waals surface area contributed by atoms with Crippen LogP contribution in [0.4, 0.5) is 0 Å². The van der Waals surface area contributed by atoms with Gasteiger partial charge in [0.05, 0.1) is 19.3 Å². The Hall–Kier alpha value is -1.10. The Morgan fingerprint density at radius 3 is 2.79 bits per heavy atom. The summed E-state index contributed by atoms with van der Waals surface area (Å²) in [6.45, 7) is 1.49. The topological polar surface area (TPSA) is 39.7 Å². The van der Waals surface area contributed by atoms with E-state index in [1.165, 1.54) is 11.1 Å². The number of ether oxygens (including phenoxy) is 3. The van der Waals surface area contributed by atoms with Gasteiger partial charge in [-0.15, -0.1) is 0 Å². The summed E-state index contributed by atoms with van der Waals surface area (Å²) in [4.78, 5) is 0. The summed E-state index contributed by atoms with van der Waals surface area (Å²) in [7, 11) is 5.39. The standard InChI is InChI=1S/C15H23NO3/c1-16-15-13-10-12(18-3)6-5-11(13)9-14(15)19-8-4-7-17-2/h5-6,10,14-16H,4,7-9H2,1-3H3. The third kappa shape index (κ3) is 3.26. The molecule has 4 heteroatoms. The van der Waals surface area contributed by atoms with Gasteiger partial charge in [0.2, 0.25) is 0 Å². The first-order valence-electron chi connectivity index (χ1n) is 6.74. The van der Waals surface area contributed by atoms with E-state index in [4.69, 9.17) is 14.2 Å². The number of methoxy groups -OCH3 is 2. The van der Waals surface area contributed by atoms with Crippen molar-refractivity contribution in [2.24, 2.45) is 0 Å². The lowest BCUT2D eigenvalue weighted by atomic mass is 10.1. The van der Waals surface area contributed by atoms with Crippen molar-refractivity contribution in [3.05, 3.63) is 29.3 Å². The van der Waals surface area contributed by atoms with Crippen LogP contribution in [-0.4, -0.2) is 40.6 Å². The maximum atomic E-state index is 5.98. The molecule has 1 aliphatic rings. The summed E-state index contributed by atoms with van der Waals surface area (Å²) in [6.07, 6.45) is 2.09. The lowest BCUT2D eigenvalue weighted by molar-refractivity contribution is 0.0252. The molecule has 1 aromatic rings. The predicted molar refractivity (Wildman–Crippen MR) is 74.7 cm³/mol. The van der Waals surface area contributed by atoms with Gasteiger partial charge in [-0.1, -0.05) is 6.07 Å². The number of hydrogen-bond donors (Lipinski definition) is 1. The SMILES string of the molecule is CNC1c2cc(OC)ccc2CC1OCCCOC. The number of hydrogen-bond acceptors (Lipinski definition) is 4. The molecule has 1 N–H and O–H groups in total. The summed E-state index contributed by atoms with van der Waals surface area (Å²) in [5, 5.41) is 3.35. The first-order valence-corrected chi connectivity index (χ1v) is 6.74. The Labute approximate surface area is 115 Å². The van der Waals surface area contributed by atoms with Crippen LogP contribution in [0.15, 0.2) is 18.2 Å². The zero-order valence-electron chi connectivity index (χ0n) is 11.9. The lowest BCUT2D eigenvalue weighted by Crippen LogP contribution is -2.28. The van der Waals surface area contributed by atoms with Gasteiger partial charge >= 0.3 is 0 Å². The molecule has 0 amide bonds. The zero-order valence-corrected chi connectivity index (χ0v) is 11.9. The lowest BCUT2D eigenvalue weighted by Gasteiger charge is -2.20. The fourth-order valence-corrected chi connectivity index (χ4v) is 2.64. The molecule has 1 aliphatic carbocycles. The Morgan fingerprint density at radius 1 is 1.26 bits per heavy atom. The van der Waals surface area contributed by atoms with E-state index >= 15 is 0 Å². The maximum Gasteiger partial charge on any atom is 0.119 e. The van der Waals surface area contributed by atoms with Crippen LogP contribution in [0, 0.1) is 0 Å². The minimum Gasteiger partial charge on any atom is -0.497 e. The second-order valence-electron chi connectivity index (χ2n) is 4.79. The maximum absolute atomic E-state index is 5.98. The molecule has 0 aliphatic heterocycles. The minimum absolute atomic E-state index is 0.198. The molecule has 0 radical (unpaired) electrons. The molecular formula is C15H23NO3. The Bertz CT molecular complexity index is 408. The quantitative estimate of drug-likeness (QED) is 0.765. The zero-order chi connectivity index (χ0) is 13.7. The van der Waals surface area contributed by atoms with E-state index in [1.807, 2.05) is 13.1 Å². The van der Waals surface area contributed by atoms with Crippen molar-refractivity contribution in [2.75, 3.05) is 34.5 Å². The van der Waals surface area contributed by atoms with Gasteiger partial charge in [0.15, 0.2) is 0 Å². The molecule has 0 spiro atoms. The second-order valence-corrected chi connectivity index (χ2v) is 4.79. The van der Waals surface area contributed by atoms with E-state index < -0.39 is 0 Å². The third-order valence-corrected chi connectivity index (χ3v) is 3.62. The van der Waals surface area contributed by atoms with Gasteiger partial charge < -0.3 is 19.5 Å². The van der Waals surface area contributed by atoms with Crippen molar-refractivity contribution in [1.82, 2.24) is 5.32 Å². The molecule has 0 heterocycles. The smallest absolute Gasteiger partial charge is 0.119 e. The van der Waals surface area contributed by atoms with Crippen LogP contribution in [0.1, 0.15) is 23.6 Å². The van der Waals surface area contributed by atoms with Crippen LogP contribution < -0.4 is 10.1 Å². The van der Waals surface area contributed by atoms with Gasteiger partial charge in [-0.05, 0) is 36.7 Å². The highest BCUT2D eigenvalue weighted by Crippen LogP contribution is 2.35. The highest BCUT2D eigenvalue weighted by atomic mass is 16.5. The number of nitrogens with one attached hydrogen (secondary N) is 1. The van der Waals surface area contributed by atoms with Gasteiger partial charge in [-0.2, -0.15) is 0 Å². The molecule has 1 aromatic carbocycles. The highest BCUT2D eigenvalue weighted by molar-refractivity contribution is 5.42. The molecule has 2 atom stereocenters. The summed E-state index contributed by atoms with van der Waals surface area (Å²) in [5.74, 6) is 0.902. The normalized spacial score (nSPS) is 21.4. The first-order chi connectivity index (χ1) is 9.30. The van der Waals surface area contributed by atoms with Crippen molar-refractivity contribution in [1.29, 1.82) is 0 Å². The van der Waals surface area contributed by atoms with Gasteiger partial charge in [-0.3, -0.25) is 0 Å². The van der Waals surface area contributed by atoms with E-state index in [0.717, 1.165) is 31.8 Å². The number of rotatable bonds is 7. The molecular weight excluding hydrogens is 242 g/mol. The monoisotopic (exact) mass is 265 g/mol. The predicted octanol–water partition coefficient (Wildman–Crippen LogP) is 1.93. The van der Waals surface area contributed by atoms with E-state index in [1.54, 1.807) is 14.2 Å². The Morgan fingerprint density at radius 2 is 2.11 bits per heavy atom. The molecule has 106 valence electrons. The average Bonchev–Trinajstić information content (AvgIpc) is 2.79. The fourth-order valence-electron chi connectivity index (χ4n) is 2.64. The summed E-state index contributed by atoms with van der Waals surface area (Å²) < 4.78 is 16.3. The average molecular weight is 265 g/mol. The summed E-state index contributed by atoms with van der Waals surface area (Å²) >= 11 is 0. The van der Waals surface area contributed by atoms with Gasteiger partial charge in [0.25, 0.3) is 0 Å². The van der Waals surface area contributed by atoms with Crippen LogP contribution >= 0.6 is 0 Å². The molecule has 0 fully saturated rings. The Kier molecular flexibility index (Phi) is 5.19. The number of likely N-dealkylation sites (N-methyl/N-ethyl adjacent to an activating group) is 1. The molecule has 19 heavy (non-hydrogen) atoms.